The van der Waals surface area contributed by atoms with Gasteiger partial charge in [-0.05, 0) is 31.0 Å². The van der Waals surface area contributed by atoms with Gasteiger partial charge in [-0.1, -0.05) is 25.5 Å². The van der Waals surface area contributed by atoms with Crippen LogP contribution in [0.1, 0.15) is 32.3 Å². The van der Waals surface area contributed by atoms with Crippen LogP contribution in [0.4, 0.5) is 0 Å². The summed E-state index contributed by atoms with van der Waals surface area (Å²) in [6, 6.07) is 7.46. The van der Waals surface area contributed by atoms with Crippen molar-refractivity contribution in [1.29, 1.82) is 0 Å². The van der Waals surface area contributed by atoms with Crippen molar-refractivity contribution in [2.24, 2.45) is 5.73 Å². The molecular formula is C15H24N2O2S. The number of benzene rings is 1. The van der Waals surface area contributed by atoms with Crippen molar-refractivity contribution in [3.8, 4) is 0 Å². The molecule has 112 valence electrons. The first-order valence-corrected chi connectivity index (χ1v) is 8.30. The van der Waals surface area contributed by atoms with Crippen LogP contribution >= 0.6 is 0 Å². The van der Waals surface area contributed by atoms with Gasteiger partial charge in [-0.25, -0.2) is 0 Å². The summed E-state index contributed by atoms with van der Waals surface area (Å²) in [7, 11) is 0.783. The van der Waals surface area contributed by atoms with Crippen LogP contribution < -0.4 is 5.73 Å². The molecule has 0 aromatic heterocycles. The summed E-state index contributed by atoms with van der Waals surface area (Å²) in [6.07, 6.45) is 3.20. The van der Waals surface area contributed by atoms with Gasteiger partial charge in [0.2, 0.25) is 5.91 Å². The molecule has 20 heavy (non-hydrogen) atoms. The van der Waals surface area contributed by atoms with Crippen LogP contribution in [0, 0.1) is 0 Å². The van der Waals surface area contributed by atoms with Crippen molar-refractivity contribution >= 4 is 16.7 Å². The first-order chi connectivity index (χ1) is 9.27. The minimum Gasteiger partial charge on any atom is -0.340 e. The lowest BCUT2D eigenvalue weighted by molar-refractivity contribution is -0.135. The molecule has 1 aromatic rings. The second-order valence-corrected chi connectivity index (χ2v) is 6.81. The number of nitrogens with zero attached hydrogens (tertiary/aromatic N) is 1. The summed E-state index contributed by atoms with van der Waals surface area (Å²) >= 11 is 0. The summed E-state index contributed by atoms with van der Waals surface area (Å²) in [4.78, 5) is 14.7. The number of nitrogens with two attached hydrogens (primary N) is 1. The maximum Gasteiger partial charge on any atom is 0.242 e. The van der Waals surface area contributed by atoms with Crippen molar-refractivity contribution < 1.29 is 9.00 Å². The van der Waals surface area contributed by atoms with Crippen LogP contribution in [0.3, 0.4) is 0 Å². The molecule has 1 rings (SSSR count). The zero-order valence-corrected chi connectivity index (χ0v) is 13.5. The lowest BCUT2D eigenvalue weighted by Crippen LogP contribution is -2.51. The second kappa shape index (κ2) is 6.99. The van der Waals surface area contributed by atoms with Crippen LogP contribution in [0.15, 0.2) is 29.2 Å². The minimum atomic E-state index is -0.976. The Bertz CT molecular complexity index is 483. The molecule has 0 aliphatic carbocycles. The standard InChI is InChI=1S/C15H24N2O2S/c1-5-10-15(2,16)14(18)17(3)11-12-6-8-13(9-7-12)20(4)19/h6-9H,5,10-11,16H2,1-4H3. The molecule has 2 unspecified atom stereocenters. The Morgan fingerprint density at radius 1 is 1.35 bits per heavy atom. The summed E-state index contributed by atoms with van der Waals surface area (Å²) < 4.78 is 11.3. The molecular weight excluding hydrogens is 272 g/mol. The predicted molar refractivity (Wildman–Crippen MR) is 82.7 cm³/mol. The SMILES string of the molecule is CCCC(C)(N)C(=O)N(C)Cc1ccc(S(C)=O)cc1. The zero-order chi connectivity index (χ0) is 15.3. The third-order valence-electron chi connectivity index (χ3n) is 3.28. The predicted octanol–water partition coefficient (Wildman–Crippen LogP) is 1.90. The van der Waals surface area contributed by atoms with E-state index in [9.17, 15) is 9.00 Å². The fourth-order valence-electron chi connectivity index (χ4n) is 2.19. The molecule has 0 heterocycles. The molecule has 0 aliphatic rings. The van der Waals surface area contributed by atoms with Crippen LogP contribution in [-0.4, -0.2) is 33.9 Å². The van der Waals surface area contributed by atoms with Crippen LogP contribution in [0.25, 0.3) is 0 Å². The van der Waals surface area contributed by atoms with E-state index in [1.807, 2.05) is 31.2 Å². The zero-order valence-electron chi connectivity index (χ0n) is 12.7. The van der Waals surface area contributed by atoms with Gasteiger partial charge < -0.3 is 10.6 Å². The summed E-state index contributed by atoms with van der Waals surface area (Å²) in [5.41, 5.74) is 6.25. The molecule has 0 fully saturated rings. The molecule has 0 spiro atoms. The van der Waals surface area contributed by atoms with Crippen molar-refractivity contribution in [1.82, 2.24) is 4.90 Å². The van der Waals surface area contributed by atoms with E-state index in [1.54, 1.807) is 25.1 Å². The quantitative estimate of drug-likeness (QED) is 0.872. The van der Waals surface area contributed by atoms with Gasteiger partial charge in [0, 0.05) is 35.5 Å². The van der Waals surface area contributed by atoms with E-state index in [1.165, 1.54) is 0 Å². The highest BCUT2D eigenvalue weighted by Gasteiger charge is 2.29. The highest BCUT2D eigenvalue weighted by atomic mass is 32.2. The van der Waals surface area contributed by atoms with Crippen molar-refractivity contribution in [3.05, 3.63) is 29.8 Å². The van der Waals surface area contributed by atoms with E-state index in [-0.39, 0.29) is 5.91 Å². The Kier molecular flexibility index (Phi) is 5.89. The Labute approximate surface area is 123 Å². The Morgan fingerprint density at radius 2 is 1.90 bits per heavy atom. The second-order valence-electron chi connectivity index (χ2n) is 5.43. The molecule has 2 N–H and O–H groups in total. The first kappa shape index (κ1) is 16.9. The number of carbonyl (C=O) groups excluding carboxylic acids is 1. The molecule has 0 saturated heterocycles. The van der Waals surface area contributed by atoms with Gasteiger partial charge in [-0.2, -0.15) is 0 Å². The lowest BCUT2D eigenvalue weighted by Gasteiger charge is -2.29. The average Bonchev–Trinajstić information content (AvgIpc) is 2.38. The van der Waals surface area contributed by atoms with Crippen molar-refractivity contribution in [3.63, 3.8) is 0 Å². The first-order valence-electron chi connectivity index (χ1n) is 6.74. The molecule has 5 heteroatoms. The number of carbonyl (C=O) groups is 1. The van der Waals surface area contributed by atoms with E-state index in [0.29, 0.717) is 13.0 Å². The van der Waals surface area contributed by atoms with Crippen LogP contribution in [-0.2, 0) is 22.1 Å². The molecule has 2 atom stereocenters. The van der Waals surface area contributed by atoms with E-state index in [4.69, 9.17) is 5.73 Å². The summed E-state index contributed by atoms with van der Waals surface area (Å²) in [6.45, 7) is 4.30. The molecule has 0 radical (unpaired) electrons. The van der Waals surface area contributed by atoms with Gasteiger partial charge in [0.15, 0.2) is 0 Å². The van der Waals surface area contributed by atoms with Crippen molar-refractivity contribution in [2.45, 2.75) is 43.7 Å². The lowest BCUT2D eigenvalue weighted by atomic mass is 9.96. The maximum absolute atomic E-state index is 12.3. The molecule has 1 aromatic carbocycles. The van der Waals surface area contributed by atoms with E-state index in [0.717, 1.165) is 16.9 Å². The van der Waals surface area contributed by atoms with Crippen LogP contribution in [0.2, 0.25) is 0 Å². The fraction of sp³-hybridized carbons (Fsp3) is 0.533. The molecule has 4 nitrogen and oxygen atoms in total. The molecule has 1 amide bonds. The Hall–Kier alpha value is -1.20. The van der Waals surface area contributed by atoms with Gasteiger partial charge in [-0.15, -0.1) is 0 Å². The number of hydrogen-bond acceptors (Lipinski definition) is 3. The third-order valence-corrected chi connectivity index (χ3v) is 4.22. The van der Waals surface area contributed by atoms with Gasteiger partial charge in [0.25, 0.3) is 0 Å². The Morgan fingerprint density at radius 3 is 2.35 bits per heavy atom. The number of rotatable bonds is 6. The number of likely N-dealkylation sites (N-methyl/N-ethyl adjacent to an activating group) is 1. The Balaban J connectivity index is 2.72. The molecule has 0 saturated carbocycles. The fourth-order valence-corrected chi connectivity index (χ4v) is 2.71. The molecule has 0 aliphatic heterocycles. The summed E-state index contributed by atoms with van der Waals surface area (Å²) in [5, 5.41) is 0. The van der Waals surface area contributed by atoms with Crippen LogP contribution in [0.5, 0.6) is 0 Å². The number of amides is 1. The van der Waals surface area contributed by atoms with Gasteiger partial charge in [-0.3, -0.25) is 9.00 Å². The minimum absolute atomic E-state index is 0.0532. The summed E-state index contributed by atoms with van der Waals surface area (Å²) in [5.74, 6) is -0.0532. The van der Waals surface area contributed by atoms with Gasteiger partial charge >= 0.3 is 0 Å². The smallest absolute Gasteiger partial charge is 0.242 e. The van der Waals surface area contributed by atoms with E-state index >= 15 is 0 Å². The third kappa shape index (κ3) is 4.42. The monoisotopic (exact) mass is 296 g/mol. The average molecular weight is 296 g/mol. The highest BCUT2D eigenvalue weighted by Crippen LogP contribution is 2.15. The topological polar surface area (TPSA) is 63.4 Å². The van der Waals surface area contributed by atoms with Gasteiger partial charge in [0.05, 0.1) is 5.54 Å². The normalized spacial score (nSPS) is 15.4. The van der Waals surface area contributed by atoms with E-state index in [2.05, 4.69) is 0 Å². The van der Waals surface area contributed by atoms with Crippen molar-refractivity contribution in [2.75, 3.05) is 13.3 Å². The maximum atomic E-state index is 12.3. The molecule has 0 bridgehead atoms. The largest absolute Gasteiger partial charge is 0.340 e. The highest BCUT2D eigenvalue weighted by molar-refractivity contribution is 7.84. The van der Waals surface area contributed by atoms with Gasteiger partial charge in [0.1, 0.15) is 0 Å². The number of hydrogen-bond donors (Lipinski definition) is 1. The van der Waals surface area contributed by atoms with E-state index < -0.39 is 16.3 Å².